The fourth-order valence-corrected chi connectivity index (χ4v) is 2.42. The van der Waals surface area contributed by atoms with Crippen LogP contribution in [0.2, 0.25) is 0 Å². The van der Waals surface area contributed by atoms with Gasteiger partial charge < -0.3 is 5.73 Å². The van der Waals surface area contributed by atoms with E-state index in [1.807, 2.05) is 16.9 Å². The monoisotopic (exact) mass is 279 g/mol. The molecular formula is C16H29N3O. The van der Waals surface area contributed by atoms with E-state index in [4.69, 9.17) is 5.73 Å². The Morgan fingerprint density at radius 2 is 2.00 bits per heavy atom. The number of hydrogen-bond acceptors (Lipinski definition) is 3. The highest BCUT2D eigenvalue weighted by Gasteiger charge is 2.15. The minimum Gasteiger partial charge on any atom is -0.330 e. The van der Waals surface area contributed by atoms with Crippen LogP contribution in [0.25, 0.3) is 0 Å². The van der Waals surface area contributed by atoms with E-state index in [1.165, 1.54) is 0 Å². The molecule has 1 atom stereocenters. The lowest BCUT2D eigenvalue weighted by atomic mass is 9.87. The molecule has 0 spiro atoms. The Morgan fingerprint density at radius 1 is 1.30 bits per heavy atom. The van der Waals surface area contributed by atoms with E-state index in [1.54, 1.807) is 0 Å². The smallest absolute Gasteiger partial charge is 0.138 e. The fraction of sp³-hybridized carbons (Fsp3) is 0.750. The van der Waals surface area contributed by atoms with Gasteiger partial charge in [-0.1, -0.05) is 13.8 Å². The van der Waals surface area contributed by atoms with Gasteiger partial charge in [-0.3, -0.25) is 9.48 Å². The van der Waals surface area contributed by atoms with Crippen LogP contribution in [0.4, 0.5) is 0 Å². The number of ketones is 1. The number of rotatable bonds is 9. The van der Waals surface area contributed by atoms with Crippen molar-refractivity contribution >= 4 is 5.78 Å². The van der Waals surface area contributed by atoms with Crippen molar-refractivity contribution in [2.45, 2.75) is 59.4 Å². The summed E-state index contributed by atoms with van der Waals surface area (Å²) in [6.07, 6.45) is 4.98. The molecule has 0 saturated heterocycles. The Hall–Kier alpha value is -1.16. The summed E-state index contributed by atoms with van der Waals surface area (Å²) < 4.78 is 1.90. The molecule has 2 N–H and O–H groups in total. The molecule has 4 heteroatoms. The van der Waals surface area contributed by atoms with Crippen LogP contribution in [-0.2, 0) is 11.2 Å². The number of carbonyl (C=O) groups is 1. The van der Waals surface area contributed by atoms with Gasteiger partial charge in [-0.25, -0.2) is 0 Å². The van der Waals surface area contributed by atoms with Crippen LogP contribution in [0, 0.1) is 11.8 Å². The zero-order chi connectivity index (χ0) is 15.1. The van der Waals surface area contributed by atoms with Gasteiger partial charge in [0.1, 0.15) is 5.78 Å². The molecule has 0 aliphatic rings. The van der Waals surface area contributed by atoms with Crippen molar-refractivity contribution in [1.29, 1.82) is 0 Å². The molecule has 0 radical (unpaired) electrons. The number of nitrogens with two attached hydrogens (primary N) is 1. The van der Waals surface area contributed by atoms with Crippen LogP contribution in [0.1, 0.15) is 58.7 Å². The molecule has 0 aliphatic heterocycles. The number of aromatic nitrogens is 2. The molecular weight excluding hydrogens is 250 g/mol. The molecule has 0 aromatic carbocycles. The average Bonchev–Trinajstić information content (AvgIpc) is 2.82. The van der Waals surface area contributed by atoms with Gasteiger partial charge in [0, 0.05) is 18.7 Å². The summed E-state index contributed by atoms with van der Waals surface area (Å²) in [5, 5.41) is 4.42. The summed E-state index contributed by atoms with van der Waals surface area (Å²) in [7, 11) is 0. The molecule has 0 amide bonds. The largest absolute Gasteiger partial charge is 0.330 e. The second-order valence-corrected chi connectivity index (χ2v) is 6.22. The minimum atomic E-state index is 0.279. The number of hydrogen-bond donors (Lipinski definition) is 1. The first-order valence-electron chi connectivity index (χ1n) is 7.69. The van der Waals surface area contributed by atoms with E-state index in [0.717, 1.165) is 18.5 Å². The highest BCUT2D eigenvalue weighted by atomic mass is 16.1. The van der Waals surface area contributed by atoms with Crippen LogP contribution >= 0.6 is 0 Å². The molecule has 0 aliphatic carbocycles. The summed E-state index contributed by atoms with van der Waals surface area (Å²) in [6.45, 7) is 9.28. The summed E-state index contributed by atoms with van der Waals surface area (Å²) in [5.74, 6) is 1.42. The zero-order valence-corrected chi connectivity index (χ0v) is 13.3. The van der Waals surface area contributed by atoms with Crippen molar-refractivity contribution in [2.24, 2.45) is 17.6 Å². The highest BCUT2D eigenvalue weighted by molar-refractivity contribution is 5.80. The van der Waals surface area contributed by atoms with Gasteiger partial charge >= 0.3 is 0 Å². The third kappa shape index (κ3) is 5.45. The first kappa shape index (κ1) is 16.9. The Balaban J connectivity index is 2.42. The van der Waals surface area contributed by atoms with Gasteiger partial charge in [0.2, 0.25) is 0 Å². The third-order valence-electron chi connectivity index (χ3n) is 3.85. The predicted octanol–water partition coefficient (Wildman–Crippen LogP) is 2.98. The standard InChI is InChI=1S/C16H29N3O/c1-12(2)14(7-9-17)5-6-16(20)11-15-8-10-19(18-15)13(3)4/h8,10,12-14H,5-7,9,11,17H2,1-4H3. The van der Waals surface area contributed by atoms with E-state index in [2.05, 4.69) is 32.8 Å². The Labute approximate surface area is 122 Å². The van der Waals surface area contributed by atoms with Crippen LogP contribution in [0.5, 0.6) is 0 Å². The molecule has 1 heterocycles. The van der Waals surface area contributed by atoms with Crippen LogP contribution < -0.4 is 5.73 Å². The van der Waals surface area contributed by atoms with Crippen molar-refractivity contribution < 1.29 is 4.79 Å². The predicted molar refractivity (Wildman–Crippen MR) is 82.6 cm³/mol. The van der Waals surface area contributed by atoms with Crippen LogP contribution in [0.3, 0.4) is 0 Å². The maximum absolute atomic E-state index is 12.0. The van der Waals surface area contributed by atoms with E-state index >= 15 is 0 Å². The number of Topliss-reactive ketones (excluding diaryl/α,β-unsaturated/α-hetero) is 1. The topological polar surface area (TPSA) is 60.9 Å². The Morgan fingerprint density at radius 3 is 2.50 bits per heavy atom. The van der Waals surface area contributed by atoms with Gasteiger partial charge in [-0.2, -0.15) is 5.10 Å². The molecule has 1 unspecified atom stereocenters. The number of nitrogens with zero attached hydrogens (tertiary/aromatic N) is 2. The Kier molecular flexibility index (Phi) is 6.93. The van der Waals surface area contributed by atoms with Crippen LogP contribution in [0.15, 0.2) is 12.3 Å². The molecule has 1 aromatic rings. The quantitative estimate of drug-likeness (QED) is 0.756. The summed E-state index contributed by atoms with van der Waals surface area (Å²) in [6, 6.07) is 2.28. The normalized spacial score (nSPS) is 13.2. The van der Waals surface area contributed by atoms with Crippen molar-refractivity contribution in [3.05, 3.63) is 18.0 Å². The van der Waals surface area contributed by atoms with Gasteiger partial charge in [0.05, 0.1) is 12.1 Å². The number of carbonyl (C=O) groups excluding carboxylic acids is 1. The van der Waals surface area contributed by atoms with Gasteiger partial charge in [-0.05, 0) is 51.1 Å². The molecule has 1 aromatic heterocycles. The van der Waals surface area contributed by atoms with Gasteiger partial charge in [-0.15, -0.1) is 0 Å². The van der Waals surface area contributed by atoms with Crippen LogP contribution in [-0.4, -0.2) is 22.1 Å². The first-order valence-corrected chi connectivity index (χ1v) is 7.69. The second-order valence-electron chi connectivity index (χ2n) is 6.22. The highest BCUT2D eigenvalue weighted by Crippen LogP contribution is 2.21. The SMILES string of the molecule is CC(C)C(CCN)CCC(=O)Cc1ccn(C(C)C)n1. The minimum absolute atomic E-state index is 0.279. The lowest BCUT2D eigenvalue weighted by Crippen LogP contribution is -2.16. The van der Waals surface area contributed by atoms with E-state index in [9.17, 15) is 4.79 Å². The van der Waals surface area contributed by atoms with Crippen molar-refractivity contribution in [1.82, 2.24) is 9.78 Å². The molecule has 114 valence electrons. The summed E-state index contributed by atoms with van der Waals surface area (Å²) in [4.78, 5) is 12.0. The lowest BCUT2D eigenvalue weighted by Gasteiger charge is -2.19. The Bertz CT molecular complexity index is 410. The molecule has 0 saturated carbocycles. The molecule has 20 heavy (non-hydrogen) atoms. The maximum atomic E-state index is 12.0. The maximum Gasteiger partial charge on any atom is 0.138 e. The third-order valence-corrected chi connectivity index (χ3v) is 3.85. The van der Waals surface area contributed by atoms with E-state index in [0.29, 0.717) is 37.3 Å². The van der Waals surface area contributed by atoms with Gasteiger partial charge in [0.15, 0.2) is 0 Å². The second kappa shape index (κ2) is 8.20. The molecule has 0 bridgehead atoms. The lowest BCUT2D eigenvalue weighted by molar-refractivity contribution is -0.118. The molecule has 1 rings (SSSR count). The van der Waals surface area contributed by atoms with E-state index in [-0.39, 0.29) is 5.78 Å². The summed E-state index contributed by atoms with van der Waals surface area (Å²) >= 11 is 0. The van der Waals surface area contributed by atoms with E-state index < -0.39 is 0 Å². The van der Waals surface area contributed by atoms with Crippen molar-refractivity contribution in [3.8, 4) is 0 Å². The molecule has 4 nitrogen and oxygen atoms in total. The van der Waals surface area contributed by atoms with Crippen molar-refractivity contribution in [2.75, 3.05) is 6.54 Å². The van der Waals surface area contributed by atoms with Gasteiger partial charge in [0.25, 0.3) is 0 Å². The molecule has 0 fully saturated rings. The van der Waals surface area contributed by atoms with Crippen molar-refractivity contribution in [3.63, 3.8) is 0 Å². The summed E-state index contributed by atoms with van der Waals surface area (Å²) in [5.41, 5.74) is 6.51. The fourth-order valence-electron chi connectivity index (χ4n) is 2.42. The zero-order valence-electron chi connectivity index (χ0n) is 13.3. The first-order chi connectivity index (χ1) is 9.43. The average molecular weight is 279 g/mol.